The number of carbonyl (C=O) groups excluding carboxylic acids is 1. The number of carbonyl (C=O) groups is 1. The van der Waals surface area contributed by atoms with Crippen LogP contribution in [-0.4, -0.2) is 12.4 Å². The molecule has 2 heteroatoms. The molecule has 0 radical (unpaired) electrons. The van der Waals surface area contributed by atoms with Gasteiger partial charge in [0.25, 0.3) is 0 Å². The Bertz CT molecular complexity index is 149. The van der Waals surface area contributed by atoms with Gasteiger partial charge in [-0.05, 0) is 12.0 Å². The van der Waals surface area contributed by atoms with Crippen molar-refractivity contribution in [3.8, 4) is 0 Å². The number of hydrogen-bond donors (Lipinski definition) is 0. The van der Waals surface area contributed by atoms with Crippen molar-refractivity contribution in [1.29, 1.82) is 0 Å². The summed E-state index contributed by atoms with van der Waals surface area (Å²) in [6, 6.07) is 0. The second-order valence-corrected chi connectivity index (χ2v) is 2.54. The third-order valence-corrected chi connectivity index (χ3v) is 1.60. The summed E-state index contributed by atoms with van der Waals surface area (Å²) in [5.41, 5.74) is 1.26. The molecule has 10 heavy (non-hydrogen) atoms. The molecule has 1 aliphatic rings. The van der Waals surface area contributed by atoms with Crippen molar-refractivity contribution in [3.05, 3.63) is 11.8 Å². The molecule has 0 fully saturated rings. The molecule has 56 valence electrons. The average molecular weight is 140 g/mol. The van der Waals surface area contributed by atoms with Gasteiger partial charge >= 0.3 is 0 Å². The minimum absolute atomic E-state index is 0.193. The summed E-state index contributed by atoms with van der Waals surface area (Å²) in [6.07, 6.45) is 5.38. The second kappa shape index (κ2) is 3.40. The third kappa shape index (κ3) is 1.59. The van der Waals surface area contributed by atoms with E-state index in [9.17, 15) is 4.79 Å². The Kier molecular flexibility index (Phi) is 2.49. The Morgan fingerprint density at radius 2 is 2.70 bits per heavy atom. The summed E-state index contributed by atoms with van der Waals surface area (Å²) in [6.45, 7) is 2.12. The van der Waals surface area contributed by atoms with E-state index in [-0.39, 0.29) is 6.10 Å². The molecule has 2 nitrogen and oxygen atoms in total. The summed E-state index contributed by atoms with van der Waals surface area (Å²) in [4.78, 5) is 10.2. The molecule has 0 spiro atoms. The van der Waals surface area contributed by atoms with E-state index >= 15 is 0 Å². The molecule has 0 bridgehead atoms. The molecule has 1 atom stereocenters. The first-order chi connectivity index (χ1) is 4.86. The molecule has 0 saturated carbocycles. The molecule has 1 aliphatic heterocycles. The molecule has 0 amide bonds. The molecule has 0 aromatic carbocycles. The quantitative estimate of drug-likeness (QED) is 0.557. The molecule has 0 aromatic rings. The van der Waals surface area contributed by atoms with Crippen LogP contribution in [0.25, 0.3) is 0 Å². The second-order valence-electron chi connectivity index (χ2n) is 2.54. The van der Waals surface area contributed by atoms with Crippen LogP contribution in [0.1, 0.15) is 26.2 Å². The molecule has 0 aliphatic carbocycles. The highest BCUT2D eigenvalue weighted by Gasteiger charge is 2.15. The first kappa shape index (κ1) is 7.32. The van der Waals surface area contributed by atoms with Crippen molar-refractivity contribution in [1.82, 2.24) is 0 Å². The van der Waals surface area contributed by atoms with Gasteiger partial charge in [-0.3, -0.25) is 4.79 Å². The SMILES string of the molecule is CCCC1=COC(C=O)C1. The van der Waals surface area contributed by atoms with E-state index in [1.54, 1.807) is 6.26 Å². The Balaban J connectivity index is 2.31. The maximum absolute atomic E-state index is 10.2. The van der Waals surface area contributed by atoms with Crippen LogP contribution >= 0.6 is 0 Å². The van der Waals surface area contributed by atoms with Gasteiger partial charge in [0.2, 0.25) is 0 Å². The minimum Gasteiger partial charge on any atom is -0.490 e. The van der Waals surface area contributed by atoms with Gasteiger partial charge < -0.3 is 4.74 Å². The predicted octanol–water partition coefficient (Wildman–Crippen LogP) is 1.66. The van der Waals surface area contributed by atoms with Crippen LogP contribution < -0.4 is 0 Å². The monoisotopic (exact) mass is 140 g/mol. The number of rotatable bonds is 3. The van der Waals surface area contributed by atoms with Crippen molar-refractivity contribution in [2.24, 2.45) is 0 Å². The zero-order valence-electron chi connectivity index (χ0n) is 6.17. The van der Waals surface area contributed by atoms with Crippen LogP contribution in [-0.2, 0) is 9.53 Å². The Hall–Kier alpha value is -0.790. The Morgan fingerprint density at radius 1 is 1.90 bits per heavy atom. The molecule has 1 heterocycles. The van der Waals surface area contributed by atoms with Gasteiger partial charge in [0, 0.05) is 6.42 Å². The highest BCUT2D eigenvalue weighted by Crippen LogP contribution is 2.20. The van der Waals surface area contributed by atoms with Crippen LogP contribution in [0.4, 0.5) is 0 Å². The van der Waals surface area contributed by atoms with E-state index in [1.807, 2.05) is 0 Å². The van der Waals surface area contributed by atoms with Gasteiger partial charge in [-0.2, -0.15) is 0 Å². The maximum atomic E-state index is 10.2. The Morgan fingerprint density at radius 3 is 3.20 bits per heavy atom. The zero-order valence-corrected chi connectivity index (χ0v) is 6.17. The van der Waals surface area contributed by atoms with Crippen LogP contribution in [0.15, 0.2) is 11.8 Å². The summed E-state index contributed by atoms with van der Waals surface area (Å²) >= 11 is 0. The molecule has 1 rings (SSSR count). The maximum Gasteiger partial charge on any atom is 0.160 e. The highest BCUT2D eigenvalue weighted by molar-refractivity contribution is 5.57. The number of hydrogen-bond acceptors (Lipinski definition) is 2. The number of ether oxygens (including phenoxy) is 1. The highest BCUT2D eigenvalue weighted by atomic mass is 16.5. The van der Waals surface area contributed by atoms with Gasteiger partial charge in [-0.1, -0.05) is 13.3 Å². The van der Waals surface area contributed by atoms with Crippen molar-refractivity contribution >= 4 is 6.29 Å². The third-order valence-electron chi connectivity index (χ3n) is 1.60. The fourth-order valence-corrected chi connectivity index (χ4v) is 1.10. The van der Waals surface area contributed by atoms with E-state index in [1.165, 1.54) is 5.57 Å². The van der Waals surface area contributed by atoms with Crippen molar-refractivity contribution in [2.75, 3.05) is 0 Å². The zero-order chi connectivity index (χ0) is 7.40. The molecular weight excluding hydrogens is 128 g/mol. The van der Waals surface area contributed by atoms with Gasteiger partial charge in [0.1, 0.15) is 0 Å². The average Bonchev–Trinajstić information content (AvgIpc) is 2.37. The lowest BCUT2D eigenvalue weighted by atomic mass is 10.1. The summed E-state index contributed by atoms with van der Waals surface area (Å²) in [7, 11) is 0. The first-order valence-corrected chi connectivity index (χ1v) is 3.65. The van der Waals surface area contributed by atoms with Crippen LogP contribution in [0.3, 0.4) is 0 Å². The molecular formula is C8H12O2. The first-order valence-electron chi connectivity index (χ1n) is 3.65. The Labute approximate surface area is 60.9 Å². The van der Waals surface area contributed by atoms with Gasteiger partial charge in [0.05, 0.1) is 6.26 Å². The molecule has 0 N–H and O–H groups in total. The lowest BCUT2D eigenvalue weighted by Crippen LogP contribution is -2.05. The standard InChI is InChI=1S/C8H12O2/c1-2-3-7-4-8(5-9)10-6-7/h5-6,8H,2-4H2,1H3. The van der Waals surface area contributed by atoms with E-state index in [0.717, 1.165) is 25.5 Å². The summed E-state index contributed by atoms with van der Waals surface area (Å²) in [5.74, 6) is 0. The van der Waals surface area contributed by atoms with Gasteiger partial charge in [0.15, 0.2) is 12.4 Å². The fourth-order valence-electron chi connectivity index (χ4n) is 1.10. The lowest BCUT2D eigenvalue weighted by molar-refractivity contribution is -0.114. The van der Waals surface area contributed by atoms with Crippen LogP contribution in [0.2, 0.25) is 0 Å². The number of aldehydes is 1. The minimum atomic E-state index is -0.193. The van der Waals surface area contributed by atoms with E-state index in [0.29, 0.717) is 0 Å². The summed E-state index contributed by atoms with van der Waals surface area (Å²) in [5, 5.41) is 0. The van der Waals surface area contributed by atoms with Crippen molar-refractivity contribution < 1.29 is 9.53 Å². The van der Waals surface area contributed by atoms with Gasteiger partial charge in [-0.25, -0.2) is 0 Å². The fraction of sp³-hybridized carbons (Fsp3) is 0.625. The lowest BCUT2D eigenvalue weighted by Gasteiger charge is -1.98. The van der Waals surface area contributed by atoms with E-state index in [2.05, 4.69) is 6.92 Å². The van der Waals surface area contributed by atoms with E-state index < -0.39 is 0 Å². The van der Waals surface area contributed by atoms with Crippen LogP contribution in [0.5, 0.6) is 0 Å². The molecule has 1 unspecified atom stereocenters. The smallest absolute Gasteiger partial charge is 0.160 e. The normalized spacial score (nSPS) is 23.7. The molecule has 0 saturated heterocycles. The van der Waals surface area contributed by atoms with Crippen molar-refractivity contribution in [3.63, 3.8) is 0 Å². The van der Waals surface area contributed by atoms with E-state index in [4.69, 9.17) is 4.74 Å². The van der Waals surface area contributed by atoms with Crippen molar-refractivity contribution in [2.45, 2.75) is 32.3 Å². The largest absolute Gasteiger partial charge is 0.490 e. The molecule has 0 aromatic heterocycles. The topological polar surface area (TPSA) is 26.3 Å². The summed E-state index contributed by atoms with van der Waals surface area (Å²) < 4.78 is 5.04. The predicted molar refractivity (Wildman–Crippen MR) is 38.5 cm³/mol. The van der Waals surface area contributed by atoms with Crippen LogP contribution in [0, 0.1) is 0 Å². The van der Waals surface area contributed by atoms with Gasteiger partial charge in [-0.15, -0.1) is 0 Å².